The van der Waals surface area contributed by atoms with E-state index in [0.29, 0.717) is 23.1 Å². The van der Waals surface area contributed by atoms with Gasteiger partial charge in [0.05, 0.1) is 10.6 Å². The summed E-state index contributed by atoms with van der Waals surface area (Å²) in [5.41, 5.74) is 2.14. The number of fused-ring (bicyclic) bond motifs is 3. The van der Waals surface area contributed by atoms with Crippen LogP contribution in [0.25, 0.3) is 11.0 Å². The second-order valence-electron chi connectivity index (χ2n) is 6.54. The number of hydrogen-bond donors (Lipinski definition) is 1. The van der Waals surface area contributed by atoms with Crippen LogP contribution in [0.5, 0.6) is 5.75 Å². The van der Waals surface area contributed by atoms with E-state index in [-0.39, 0.29) is 11.7 Å². The SMILES string of the molecule is CCc1cc(=O)oc2c3c(c(Cl)cc12)OC[NH+](C[C@@H]1CCCO1)C3. The molecule has 1 N–H and O–H groups in total. The minimum Gasteiger partial charge on any atom is -0.443 e. The topological polar surface area (TPSA) is 53.1 Å². The predicted octanol–water partition coefficient (Wildman–Crippen LogP) is 1.92. The highest BCUT2D eigenvalue weighted by Gasteiger charge is 2.30. The van der Waals surface area contributed by atoms with E-state index in [9.17, 15) is 4.79 Å². The molecule has 0 aliphatic carbocycles. The van der Waals surface area contributed by atoms with Crippen LogP contribution in [0.3, 0.4) is 0 Å². The molecule has 6 heteroatoms. The van der Waals surface area contributed by atoms with Gasteiger partial charge in [-0.05, 0) is 30.9 Å². The third-order valence-corrected chi connectivity index (χ3v) is 5.17. The molecule has 24 heavy (non-hydrogen) atoms. The van der Waals surface area contributed by atoms with Gasteiger partial charge in [-0.2, -0.15) is 0 Å². The van der Waals surface area contributed by atoms with Crippen LogP contribution in [0.15, 0.2) is 21.3 Å². The Balaban J connectivity index is 1.76. The van der Waals surface area contributed by atoms with Gasteiger partial charge in [0, 0.05) is 18.1 Å². The number of nitrogens with one attached hydrogen (secondary N) is 1. The lowest BCUT2D eigenvalue weighted by Gasteiger charge is -2.28. The molecule has 1 aromatic heterocycles. The first kappa shape index (κ1) is 15.9. The van der Waals surface area contributed by atoms with Crippen LogP contribution in [0.2, 0.25) is 5.02 Å². The summed E-state index contributed by atoms with van der Waals surface area (Å²) in [6.45, 7) is 5.04. The molecule has 2 aliphatic heterocycles. The van der Waals surface area contributed by atoms with Crippen molar-refractivity contribution in [3.05, 3.63) is 38.7 Å². The maximum Gasteiger partial charge on any atom is 0.336 e. The van der Waals surface area contributed by atoms with Gasteiger partial charge >= 0.3 is 5.63 Å². The van der Waals surface area contributed by atoms with Crippen molar-refractivity contribution in [3.63, 3.8) is 0 Å². The summed E-state index contributed by atoms with van der Waals surface area (Å²) >= 11 is 6.43. The molecule has 1 saturated heterocycles. The number of quaternary nitrogens is 1. The van der Waals surface area contributed by atoms with Crippen LogP contribution in [-0.4, -0.2) is 26.0 Å². The van der Waals surface area contributed by atoms with Gasteiger partial charge in [0.25, 0.3) is 0 Å². The Bertz CT molecular complexity index is 826. The predicted molar refractivity (Wildman–Crippen MR) is 90.9 cm³/mol. The summed E-state index contributed by atoms with van der Waals surface area (Å²) in [5, 5.41) is 1.49. The van der Waals surface area contributed by atoms with Gasteiger partial charge < -0.3 is 13.9 Å². The fourth-order valence-electron chi connectivity index (χ4n) is 3.72. The van der Waals surface area contributed by atoms with Crippen molar-refractivity contribution in [1.82, 2.24) is 0 Å². The molecule has 2 aliphatic rings. The van der Waals surface area contributed by atoms with Crippen molar-refractivity contribution in [3.8, 4) is 5.75 Å². The number of benzene rings is 1. The maximum absolute atomic E-state index is 11.9. The Morgan fingerprint density at radius 2 is 2.25 bits per heavy atom. The third kappa shape index (κ3) is 2.81. The minimum absolute atomic E-state index is 0.286. The van der Waals surface area contributed by atoms with Gasteiger partial charge in [-0.3, -0.25) is 4.90 Å². The Labute approximate surface area is 145 Å². The maximum atomic E-state index is 11.9. The minimum atomic E-state index is -0.324. The monoisotopic (exact) mass is 350 g/mol. The molecule has 128 valence electrons. The number of halogens is 1. The Morgan fingerprint density at radius 1 is 1.38 bits per heavy atom. The van der Waals surface area contributed by atoms with Crippen molar-refractivity contribution < 1.29 is 18.8 Å². The zero-order valence-corrected chi connectivity index (χ0v) is 14.4. The molecule has 5 nitrogen and oxygen atoms in total. The molecule has 2 atom stereocenters. The summed E-state index contributed by atoms with van der Waals surface area (Å²) in [4.78, 5) is 13.2. The second kappa shape index (κ2) is 6.39. The van der Waals surface area contributed by atoms with Crippen LogP contribution in [0.1, 0.15) is 30.9 Å². The molecule has 0 spiro atoms. The molecular weight excluding hydrogens is 330 g/mol. The van der Waals surface area contributed by atoms with Crippen LogP contribution in [0.4, 0.5) is 0 Å². The highest BCUT2D eigenvalue weighted by Crippen LogP contribution is 2.37. The van der Waals surface area contributed by atoms with E-state index in [0.717, 1.165) is 55.5 Å². The molecule has 1 fully saturated rings. The Kier molecular flexibility index (Phi) is 4.24. The molecule has 0 amide bonds. The van der Waals surface area contributed by atoms with Gasteiger partial charge in [0.1, 0.15) is 19.2 Å². The third-order valence-electron chi connectivity index (χ3n) is 4.89. The van der Waals surface area contributed by atoms with E-state index >= 15 is 0 Å². The van der Waals surface area contributed by atoms with Crippen molar-refractivity contribution in [2.24, 2.45) is 0 Å². The zero-order chi connectivity index (χ0) is 16.7. The number of rotatable bonds is 3. The van der Waals surface area contributed by atoms with Crippen molar-refractivity contribution in [2.75, 3.05) is 19.9 Å². The van der Waals surface area contributed by atoms with Crippen molar-refractivity contribution in [1.29, 1.82) is 0 Å². The summed E-state index contributed by atoms with van der Waals surface area (Å²) < 4.78 is 17.2. The number of hydrogen-bond acceptors (Lipinski definition) is 4. The summed E-state index contributed by atoms with van der Waals surface area (Å²) in [6, 6.07) is 3.40. The number of aryl methyl sites for hydroxylation is 1. The molecule has 3 heterocycles. The van der Waals surface area contributed by atoms with Crippen LogP contribution < -0.4 is 15.3 Å². The van der Waals surface area contributed by atoms with Gasteiger partial charge in [-0.1, -0.05) is 18.5 Å². The van der Waals surface area contributed by atoms with Crippen molar-refractivity contribution >= 4 is 22.6 Å². The van der Waals surface area contributed by atoms with Gasteiger partial charge in [-0.15, -0.1) is 0 Å². The van der Waals surface area contributed by atoms with Crippen LogP contribution in [-0.2, 0) is 17.7 Å². The van der Waals surface area contributed by atoms with E-state index in [1.807, 2.05) is 13.0 Å². The lowest BCUT2D eigenvalue weighted by Crippen LogP contribution is -3.13. The first-order valence-electron chi connectivity index (χ1n) is 8.51. The fourth-order valence-corrected chi connectivity index (χ4v) is 3.99. The number of ether oxygens (including phenoxy) is 2. The van der Waals surface area contributed by atoms with Crippen LogP contribution >= 0.6 is 11.6 Å². The van der Waals surface area contributed by atoms with E-state index in [2.05, 4.69) is 0 Å². The van der Waals surface area contributed by atoms with E-state index in [1.165, 1.54) is 4.90 Å². The second-order valence-corrected chi connectivity index (χ2v) is 6.95. The molecule has 0 saturated carbocycles. The summed E-state index contributed by atoms with van der Waals surface area (Å²) in [7, 11) is 0. The van der Waals surface area contributed by atoms with Gasteiger partial charge in [-0.25, -0.2) is 4.79 Å². The van der Waals surface area contributed by atoms with E-state index < -0.39 is 0 Å². The molecule has 1 aromatic carbocycles. The fraction of sp³-hybridized carbons (Fsp3) is 0.500. The lowest BCUT2D eigenvalue weighted by atomic mass is 10.0. The van der Waals surface area contributed by atoms with E-state index in [1.54, 1.807) is 6.07 Å². The smallest absolute Gasteiger partial charge is 0.336 e. The molecule has 1 unspecified atom stereocenters. The average Bonchev–Trinajstić information content (AvgIpc) is 3.08. The Morgan fingerprint density at radius 3 is 3.00 bits per heavy atom. The first-order chi connectivity index (χ1) is 11.7. The highest BCUT2D eigenvalue weighted by atomic mass is 35.5. The largest absolute Gasteiger partial charge is 0.443 e. The summed E-state index contributed by atoms with van der Waals surface area (Å²) in [5.74, 6) is 0.650. The zero-order valence-electron chi connectivity index (χ0n) is 13.7. The Hall–Kier alpha value is -1.56. The lowest BCUT2D eigenvalue weighted by molar-refractivity contribution is -0.935. The molecule has 0 radical (unpaired) electrons. The van der Waals surface area contributed by atoms with Crippen LogP contribution in [0, 0.1) is 0 Å². The van der Waals surface area contributed by atoms with E-state index in [4.69, 9.17) is 25.5 Å². The normalized spacial score (nSPS) is 23.2. The van der Waals surface area contributed by atoms with Gasteiger partial charge in [0.15, 0.2) is 11.3 Å². The highest BCUT2D eigenvalue weighted by molar-refractivity contribution is 6.33. The molecule has 0 bridgehead atoms. The summed E-state index contributed by atoms with van der Waals surface area (Å²) in [6.07, 6.45) is 3.26. The molecular formula is C18H21ClNO4+. The first-order valence-corrected chi connectivity index (χ1v) is 8.89. The molecule has 4 rings (SSSR count). The standard InChI is InChI=1S/C18H20ClNO4/c1-2-11-6-16(21)24-17-13(11)7-15(19)18-14(17)9-20(10-23-18)8-12-4-3-5-22-12/h6-7,12H,2-5,8-10H2,1H3/p+1/t12-/m0/s1. The van der Waals surface area contributed by atoms with Gasteiger partial charge in [0.2, 0.25) is 6.73 Å². The quantitative estimate of drug-likeness (QED) is 0.859. The molecule has 2 aromatic rings. The average molecular weight is 351 g/mol. The van der Waals surface area contributed by atoms with Crippen molar-refractivity contribution in [2.45, 2.75) is 38.8 Å².